The quantitative estimate of drug-likeness (QED) is 0.732. The molecule has 0 spiro atoms. The molecule has 0 amide bonds. The normalized spacial score (nSPS) is 10.8. The van der Waals surface area contributed by atoms with Crippen LogP contribution < -0.4 is 0 Å². The summed E-state index contributed by atoms with van der Waals surface area (Å²) in [5, 5.41) is 0.687. The predicted octanol–water partition coefficient (Wildman–Crippen LogP) is 3.70. The standard InChI is InChI=1S/C14H8BrFN2O/c15-8-3-4-12(16)10(6-8)13(19)11-7-18-14-9(11)2-1-5-17-14/h1-7H,(H,17,18). The molecule has 1 aromatic carbocycles. The van der Waals surface area contributed by atoms with E-state index < -0.39 is 5.82 Å². The molecule has 19 heavy (non-hydrogen) atoms. The van der Waals surface area contributed by atoms with Crippen LogP contribution in [0.25, 0.3) is 11.0 Å². The van der Waals surface area contributed by atoms with Crippen molar-refractivity contribution in [1.82, 2.24) is 9.97 Å². The van der Waals surface area contributed by atoms with E-state index in [1.165, 1.54) is 12.1 Å². The number of benzene rings is 1. The molecule has 0 aliphatic carbocycles. The highest BCUT2D eigenvalue weighted by molar-refractivity contribution is 9.10. The van der Waals surface area contributed by atoms with Gasteiger partial charge in [0.15, 0.2) is 5.78 Å². The molecule has 3 rings (SSSR count). The second kappa shape index (κ2) is 4.59. The van der Waals surface area contributed by atoms with E-state index in [-0.39, 0.29) is 11.3 Å². The summed E-state index contributed by atoms with van der Waals surface area (Å²) in [7, 11) is 0. The molecule has 0 fully saturated rings. The van der Waals surface area contributed by atoms with Crippen molar-refractivity contribution in [3.8, 4) is 0 Å². The number of H-pyrrole nitrogens is 1. The van der Waals surface area contributed by atoms with E-state index in [4.69, 9.17) is 0 Å². The van der Waals surface area contributed by atoms with Gasteiger partial charge in [-0.15, -0.1) is 0 Å². The van der Waals surface area contributed by atoms with Gasteiger partial charge < -0.3 is 4.98 Å². The third-order valence-electron chi connectivity index (χ3n) is 2.87. The van der Waals surface area contributed by atoms with Gasteiger partial charge in [0.1, 0.15) is 11.5 Å². The molecule has 0 unspecified atom stereocenters. The number of hydrogen-bond donors (Lipinski definition) is 1. The Hall–Kier alpha value is -2.01. The molecule has 2 heterocycles. The first-order chi connectivity index (χ1) is 9.16. The van der Waals surface area contributed by atoms with Gasteiger partial charge in [-0.25, -0.2) is 9.37 Å². The van der Waals surface area contributed by atoms with E-state index in [1.807, 2.05) is 0 Å². The van der Waals surface area contributed by atoms with Crippen LogP contribution >= 0.6 is 15.9 Å². The molecule has 1 N–H and O–H groups in total. The number of nitrogens with zero attached hydrogens (tertiary/aromatic N) is 1. The summed E-state index contributed by atoms with van der Waals surface area (Å²) in [6.45, 7) is 0. The first kappa shape index (κ1) is 12.0. The van der Waals surface area contributed by atoms with Gasteiger partial charge >= 0.3 is 0 Å². The van der Waals surface area contributed by atoms with Crippen molar-refractivity contribution in [3.05, 3.63) is 64.1 Å². The lowest BCUT2D eigenvalue weighted by atomic mass is 10.0. The smallest absolute Gasteiger partial charge is 0.198 e. The maximum Gasteiger partial charge on any atom is 0.198 e. The largest absolute Gasteiger partial charge is 0.345 e. The summed E-state index contributed by atoms with van der Waals surface area (Å²) >= 11 is 3.24. The fourth-order valence-electron chi connectivity index (χ4n) is 1.96. The number of pyridine rings is 1. The molecule has 0 aliphatic heterocycles. The Kier molecular flexibility index (Phi) is 2.91. The minimum absolute atomic E-state index is 0.0409. The zero-order chi connectivity index (χ0) is 13.4. The molecule has 0 saturated heterocycles. The number of ketones is 1. The van der Waals surface area contributed by atoms with Crippen molar-refractivity contribution in [3.63, 3.8) is 0 Å². The first-order valence-corrected chi connectivity index (χ1v) is 6.38. The van der Waals surface area contributed by atoms with Crippen molar-refractivity contribution >= 4 is 32.7 Å². The summed E-state index contributed by atoms with van der Waals surface area (Å²) in [5.41, 5.74) is 1.07. The predicted molar refractivity (Wildman–Crippen MR) is 73.6 cm³/mol. The number of nitrogens with one attached hydrogen (secondary N) is 1. The summed E-state index contributed by atoms with van der Waals surface area (Å²) in [6, 6.07) is 7.83. The van der Waals surface area contributed by atoms with Gasteiger partial charge in [0.05, 0.1) is 5.56 Å². The van der Waals surface area contributed by atoms with Gasteiger partial charge in [-0.1, -0.05) is 15.9 Å². The Bertz CT molecular complexity index is 782. The van der Waals surface area contributed by atoms with Crippen LogP contribution in [0.1, 0.15) is 15.9 Å². The Labute approximate surface area is 116 Å². The van der Waals surface area contributed by atoms with Crippen LogP contribution in [-0.2, 0) is 0 Å². The average molecular weight is 319 g/mol. The number of rotatable bonds is 2. The average Bonchev–Trinajstić information content (AvgIpc) is 2.84. The van der Waals surface area contributed by atoms with Crippen molar-refractivity contribution in [2.75, 3.05) is 0 Å². The van der Waals surface area contributed by atoms with Gasteiger partial charge in [-0.2, -0.15) is 0 Å². The second-order valence-electron chi connectivity index (χ2n) is 4.06. The maximum absolute atomic E-state index is 13.7. The number of carbonyl (C=O) groups is 1. The second-order valence-corrected chi connectivity index (χ2v) is 4.97. The van der Waals surface area contributed by atoms with Crippen molar-refractivity contribution in [2.45, 2.75) is 0 Å². The van der Waals surface area contributed by atoms with Gasteiger partial charge in [0.25, 0.3) is 0 Å². The van der Waals surface area contributed by atoms with Crippen LogP contribution in [0.2, 0.25) is 0 Å². The lowest BCUT2D eigenvalue weighted by Crippen LogP contribution is -2.03. The van der Waals surface area contributed by atoms with E-state index in [0.717, 1.165) is 0 Å². The SMILES string of the molecule is O=C(c1cc(Br)ccc1F)c1c[nH]c2ncccc12. The number of fused-ring (bicyclic) bond motifs is 1. The van der Waals surface area contributed by atoms with Gasteiger partial charge in [-0.3, -0.25) is 4.79 Å². The van der Waals surface area contributed by atoms with Crippen molar-refractivity contribution in [2.24, 2.45) is 0 Å². The number of aromatic amines is 1. The Morgan fingerprint density at radius 3 is 2.95 bits per heavy atom. The van der Waals surface area contributed by atoms with E-state index >= 15 is 0 Å². The zero-order valence-corrected chi connectivity index (χ0v) is 11.2. The highest BCUT2D eigenvalue weighted by Crippen LogP contribution is 2.23. The summed E-state index contributed by atoms with van der Waals surface area (Å²) in [4.78, 5) is 19.4. The van der Waals surface area contributed by atoms with E-state index in [1.54, 1.807) is 30.6 Å². The topological polar surface area (TPSA) is 45.8 Å². The molecular weight excluding hydrogens is 311 g/mol. The number of hydrogen-bond acceptors (Lipinski definition) is 2. The molecule has 0 saturated carbocycles. The van der Waals surface area contributed by atoms with Gasteiger partial charge in [-0.05, 0) is 30.3 Å². The fourth-order valence-corrected chi connectivity index (χ4v) is 2.32. The number of carbonyl (C=O) groups excluding carboxylic acids is 1. The van der Waals surface area contributed by atoms with E-state index in [2.05, 4.69) is 25.9 Å². The van der Waals surface area contributed by atoms with Crippen LogP contribution in [0.4, 0.5) is 4.39 Å². The van der Waals surface area contributed by atoms with Crippen LogP contribution in [0.3, 0.4) is 0 Å². The number of halogens is 2. The van der Waals surface area contributed by atoms with Crippen molar-refractivity contribution < 1.29 is 9.18 Å². The monoisotopic (exact) mass is 318 g/mol. The lowest BCUT2D eigenvalue weighted by Gasteiger charge is -2.02. The Balaban J connectivity index is 2.16. The van der Waals surface area contributed by atoms with Gasteiger partial charge in [0.2, 0.25) is 0 Å². The molecule has 0 bridgehead atoms. The van der Waals surface area contributed by atoms with Gasteiger partial charge in [0, 0.05) is 27.8 Å². The Morgan fingerprint density at radius 2 is 2.11 bits per heavy atom. The Morgan fingerprint density at radius 1 is 1.26 bits per heavy atom. The fraction of sp³-hybridized carbons (Fsp3) is 0. The summed E-state index contributed by atoms with van der Waals surface area (Å²) in [6.07, 6.45) is 3.19. The van der Waals surface area contributed by atoms with E-state index in [9.17, 15) is 9.18 Å². The third-order valence-corrected chi connectivity index (χ3v) is 3.36. The lowest BCUT2D eigenvalue weighted by molar-refractivity contribution is 0.103. The molecule has 0 atom stereocenters. The first-order valence-electron chi connectivity index (χ1n) is 5.58. The molecule has 5 heteroatoms. The third kappa shape index (κ3) is 2.06. The van der Waals surface area contributed by atoms with Crippen LogP contribution in [0, 0.1) is 5.82 Å². The molecule has 3 nitrogen and oxygen atoms in total. The minimum atomic E-state index is -0.536. The molecule has 94 valence electrons. The highest BCUT2D eigenvalue weighted by Gasteiger charge is 2.18. The molecule has 0 aliphatic rings. The highest BCUT2D eigenvalue weighted by atomic mass is 79.9. The van der Waals surface area contributed by atoms with Crippen LogP contribution in [0.15, 0.2) is 47.2 Å². The van der Waals surface area contributed by atoms with E-state index in [0.29, 0.717) is 21.1 Å². The van der Waals surface area contributed by atoms with Crippen LogP contribution in [-0.4, -0.2) is 15.8 Å². The maximum atomic E-state index is 13.7. The van der Waals surface area contributed by atoms with Crippen molar-refractivity contribution in [1.29, 1.82) is 0 Å². The summed E-state index contributed by atoms with van der Waals surface area (Å²) < 4.78 is 14.4. The zero-order valence-electron chi connectivity index (χ0n) is 9.65. The summed E-state index contributed by atoms with van der Waals surface area (Å²) in [5.74, 6) is -0.899. The van der Waals surface area contributed by atoms with Crippen LogP contribution in [0.5, 0.6) is 0 Å². The molecule has 0 radical (unpaired) electrons. The number of aromatic nitrogens is 2. The molecule has 3 aromatic rings. The molecule has 2 aromatic heterocycles. The molecular formula is C14H8BrFN2O. The minimum Gasteiger partial charge on any atom is -0.345 e.